The standard InChI is InChI=1S/C13H16F2N2O2/c1-19-11-5-3-2-4-10(11)16-12(18)8-17-6-9(7-17)13(14)15/h2-5,9,13H,6-8H2,1H3,(H,16,18). The Bertz CT molecular complexity index is 448. The van der Waals surface area contributed by atoms with E-state index < -0.39 is 12.3 Å². The third kappa shape index (κ3) is 3.41. The molecule has 1 aromatic carbocycles. The van der Waals surface area contributed by atoms with Crippen molar-refractivity contribution in [3.63, 3.8) is 0 Å². The van der Waals surface area contributed by atoms with Crippen molar-refractivity contribution in [1.82, 2.24) is 4.90 Å². The summed E-state index contributed by atoms with van der Waals surface area (Å²) in [7, 11) is 1.52. The van der Waals surface area contributed by atoms with Crippen molar-refractivity contribution in [2.75, 3.05) is 32.1 Å². The van der Waals surface area contributed by atoms with Crippen LogP contribution in [0.15, 0.2) is 24.3 Å². The zero-order valence-electron chi connectivity index (χ0n) is 10.6. The first-order valence-corrected chi connectivity index (χ1v) is 6.03. The first-order chi connectivity index (χ1) is 9.10. The number of benzene rings is 1. The molecule has 104 valence electrons. The Balaban J connectivity index is 1.82. The molecule has 1 saturated heterocycles. The smallest absolute Gasteiger partial charge is 0.243 e. The van der Waals surface area contributed by atoms with Gasteiger partial charge in [-0.05, 0) is 12.1 Å². The van der Waals surface area contributed by atoms with Gasteiger partial charge < -0.3 is 10.1 Å². The number of nitrogens with zero attached hydrogens (tertiary/aromatic N) is 1. The van der Waals surface area contributed by atoms with E-state index in [2.05, 4.69) is 5.32 Å². The van der Waals surface area contributed by atoms with Gasteiger partial charge in [0.05, 0.1) is 19.3 Å². The van der Waals surface area contributed by atoms with Gasteiger partial charge in [-0.2, -0.15) is 0 Å². The van der Waals surface area contributed by atoms with Gasteiger partial charge in [-0.15, -0.1) is 0 Å². The van der Waals surface area contributed by atoms with Crippen LogP contribution < -0.4 is 10.1 Å². The fraction of sp³-hybridized carbons (Fsp3) is 0.462. The molecule has 1 amide bonds. The minimum absolute atomic E-state index is 0.126. The molecule has 0 aliphatic carbocycles. The number of halogens is 2. The molecule has 0 saturated carbocycles. The number of methoxy groups -OCH3 is 1. The number of amides is 1. The predicted octanol–water partition coefficient (Wildman–Crippen LogP) is 1.83. The summed E-state index contributed by atoms with van der Waals surface area (Å²) < 4.78 is 29.7. The monoisotopic (exact) mass is 270 g/mol. The Labute approximate surface area is 110 Å². The Hall–Kier alpha value is -1.69. The Kier molecular flexibility index (Phi) is 4.31. The molecule has 0 spiro atoms. The van der Waals surface area contributed by atoms with E-state index in [4.69, 9.17) is 4.74 Å². The van der Waals surface area contributed by atoms with E-state index >= 15 is 0 Å². The number of para-hydroxylation sites is 2. The number of carbonyl (C=O) groups excluding carboxylic acids is 1. The number of carbonyl (C=O) groups is 1. The van der Waals surface area contributed by atoms with E-state index in [1.165, 1.54) is 7.11 Å². The Morgan fingerprint density at radius 2 is 2.16 bits per heavy atom. The van der Waals surface area contributed by atoms with Gasteiger partial charge in [-0.25, -0.2) is 8.78 Å². The third-order valence-corrected chi connectivity index (χ3v) is 3.09. The van der Waals surface area contributed by atoms with Gasteiger partial charge in [-0.1, -0.05) is 12.1 Å². The van der Waals surface area contributed by atoms with Crippen LogP contribution in [-0.2, 0) is 4.79 Å². The van der Waals surface area contributed by atoms with Gasteiger partial charge in [0, 0.05) is 19.0 Å². The molecule has 2 rings (SSSR count). The summed E-state index contributed by atoms with van der Waals surface area (Å²) in [6.45, 7) is 0.676. The summed E-state index contributed by atoms with van der Waals surface area (Å²) in [5.41, 5.74) is 0.584. The zero-order chi connectivity index (χ0) is 13.8. The minimum Gasteiger partial charge on any atom is -0.495 e. The van der Waals surface area contributed by atoms with Crippen molar-refractivity contribution in [1.29, 1.82) is 0 Å². The molecule has 0 atom stereocenters. The van der Waals surface area contributed by atoms with Gasteiger partial charge >= 0.3 is 0 Å². The minimum atomic E-state index is -2.30. The second-order valence-corrected chi connectivity index (χ2v) is 4.54. The molecule has 1 aliphatic rings. The Morgan fingerprint density at radius 1 is 1.47 bits per heavy atom. The summed E-state index contributed by atoms with van der Waals surface area (Å²) in [6, 6.07) is 7.06. The molecular weight excluding hydrogens is 254 g/mol. The molecule has 6 heteroatoms. The second-order valence-electron chi connectivity index (χ2n) is 4.54. The number of nitrogens with one attached hydrogen (secondary N) is 1. The molecule has 0 bridgehead atoms. The number of hydrogen-bond donors (Lipinski definition) is 1. The van der Waals surface area contributed by atoms with Crippen molar-refractivity contribution in [2.45, 2.75) is 6.43 Å². The van der Waals surface area contributed by atoms with Crippen LogP contribution in [0, 0.1) is 5.92 Å². The second kappa shape index (κ2) is 5.97. The van der Waals surface area contributed by atoms with Crippen LogP contribution >= 0.6 is 0 Å². The quantitative estimate of drug-likeness (QED) is 0.887. The van der Waals surface area contributed by atoms with Crippen LogP contribution in [0.1, 0.15) is 0 Å². The summed E-state index contributed by atoms with van der Waals surface area (Å²) in [5, 5.41) is 2.71. The SMILES string of the molecule is COc1ccccc1NC(=O)CN1CC(C(F)F)C1. The molecule has 1 aliphatic heterocycles. The third-order valence-electron chi connectivity index (χ3n) is 3.09. The van der Waals surface area contributed by atoms with Crippen LogP contribution in [-0.4, -0.2) is 44.0 Å². The highest BCUT2D eigenvalue weighted by Crippen LogP contribution is 2.24. The number of anilines is 1. The lowest BCUT2D eigenvalue weighted by Crippen LogP contribution is -2.52. The molecule has 0 unspecified atom stereocenters. The normalized spacial score (nSPS) is 16.2. The highest BCUT2D eigenvalue weighted by molar-refractivity contribution is 5.93. The maximum atomic E-state index is 12.3. The average Bonchev–Trinajstić information content (AvgIpc) is 2.33. The van der Waals surface area contributed by atoms with Gasteiger partial charge in [-0.3, -0.25) is 9.69 Å². The van der Waals surface area contributed by atoms with Crippen LogP contribution in [0.4, 0.5) is 14.5 Å². The number of ether oxygens (including phenoxy) is 1. The highest BCUT2D eigenvalue weighted by atomic mass is 19.3. The largest absolute Gasteiger partial charge is 0.495 e. The molecule has 0 aromatic heterocycles. The van der Waals surface area contributed by atoms with Gasteiger partial charge in [0.15, 0.2) is 0 Å². The molecule has 19 heavy (non-hydrogen) atoms. The van der Waals surface area contributed by atoms with Gasteiger partial charge in [0.1, 0.15) is 5.75 Å². The van der Waals surface area contributed by atoms with Crippen molar-refractivity contribution < 1.29 is 18.3 Å². The van der Waals surface area contributed by atoms with E-state index in [9.17, 15) is 13.6 Å². The van der Waals surface area contributed by atoms with Crippen molar-refractivity contribution in [2.24, 2.45) is 5.92 Å². The Morgan fingerprint density at radius 3 is 2.79 bits per heavy atom. The molecule has 1 fully saturated rings. The van der Waals surface area contributed by atoms with Crippen molar-refractivity contribution in [3.05, 3.63) is 24.3 Å². The molecular formula is C13H16F2N2O2. The van der Waals surface area contributed by atoms with E-state index in [0.29, 0.717) is 11.4 Å². The van der Waals surface area contributed by atoms with Gasteiger partial charge in [0.2, 0.25) is 12.3 Å². The number of alkyl halides is 2. The fourth-order valence-electron chi connectivity index (χ4n) is 2.04. The maximum absolute atomic E-state index is 12.3. The number of hydrogen-bond acceptors (Lipinski definition) is 3. The topological polar surface area (TPSA) is 41.6 Å². The molecule has 1 N–H and O–H groups in total. The average molecular weight is 270 g/mol. The summed E-state index contributed by atoms with van der Waals surface area (Å²) >= 11 is 0. The lowest BCUT2D eigenvalue weighted by molar-refractivity contribution is -0.120. The summed E-state index contributed by atoms with van der Waals surface area (Å²) in [4.78, 5) is 13.5. The number of likely N-dealkylation sites (tertiary alicyclic amines) is 1. The van der Waals surface area contributed by atoms with Gasteiger partial charge in [0.25, 0.3) is 0 Å². The van der Waals surface area contributed by atoms with E-state index in [-0.39, 0.29) is 25.5 Å². The first-order valence-electron chi connectivity index (χ1n) is 6.03. The van der Waals surface area contributed by atoms with Crippen LogP contribution in [0.25, 0.3) is 0 Å². The first kappa shape index (κ1) is 13.7. The summed E-state index contributed by atoms with van der Waals surface area (Å²) in [6.07, 6.45) is -2.30. The molecule has 0 radical (unpaired) electrons. The lowest BCUT2D eigenvalue weighted by atomic mass is 10.0. The molecule has 1 heterocycles. The fourth-order valence-corrected chi connectivity index (χ4v) is 2.04. The van der Waals surface area contributed by atoms with Crippen molar-refractivity contribution in [3.8, 4) is 5.75 Å². The predicted molar refractivity (Wildman–Crippen MR) is 67.6 cm³/mol. The summed E-state index contributed by atoms with van der Waals surface area (Å²) in [5.74, 6) is -0.249. The van der Waals surface area contributed by atoms with E-state index in [0.717, 1.165) is 0 Å². The van der Waals surface area contributed by atoms with E-state index in [1.54, 1.807) is 29.2 Å². The maximum Gasteiger partial charge on any atom is 0.243 e. The van der Waals surface area contributed by atoms with Crippen LogP contribution in [0.3, 0.4) is 0 Å². The van der Waals surface area contributed by atoms with E-state index in [1.807, 2.05) is 0 Å². The molecule has 1 aromatic rings. The lowest BCUT2D eigenvalue weighted by Gasteiger charge is -2.38. The molecule has 4 nitrogen and oxygen atoms in total. The van der Waals surface area contributed by atoms with Crippen molar-refractivity contribution >= 4 is 11.6 Å². The highest BCUT2D eigenvalue weighted by Gasteiger charge is 2.34. The van der Waals surface area contributed by atoms with Crippen LogP contribution in [0.5, 0.6) is 5.75 Å². The number of rotatable bonds is 5. The zero-order valence-corrected chi connectivity index (χ0v) is 10.6. The van der Waals surface area contributed by atoms with Crippen LogP contribution in [0.2, 0.25) is 0 Å².